The van der Waals surface area contributed by atoms with Gasteiger partial charge in [0, 0.05) is 106 Å². The number of carboxylic acids is 1. The second-order valence-corrected chi connectivity index (χ2v) is 36.3. The van der Waals surface area contributed by atoms with Gasteiger partial charge < -0.3 is 51.9 Å². The number of aromatic nitrogens is 3. The summed E-state index contributed by atoms with van der Waals surface area (Å²) in [6.45, 7) is 50.6. The summed E-state index contributed by atoms with van der Waals surface area (Å²) in [5.41, 5.74) is 14.5. The predicted molar refractivity (Wildman–Crippen MR) is 442 cm³/mol. The molecule has 6 fully saturated rings. The van der Waals surface area contributed by atoms with Crippen LogP contribution in [0.2, 0.25) is 0 Å². The fraction of sp³-hybridized carbons (Fsp3) is 0.453. The number of nitrogens with zero attached hydrogens (tertiary/aromatic N) is 7. The number of aliphatic carboxylic acids is 1. The van der Waals surface area contributed by atoms with Crippen LogP contribution >= 0.6 is 15.9 Å². The van der Waals surface area contributed by atoms with E-state index in [0.717, 1.165) is 137 Å². The van der Waals surface area contributed by atoms with Crippen LogP contribution in [0, 0.1) is 88.6 Å². The van der Waals surface area contributed by atoms with Crippen molar-refractivity contribution in [1.82, 2.24) is 13.7 Å². The molecular weight excluding hydrogens is 1530 g/mol. The van der Waals surface area contributed by atoms with Crippen LogP contribution in [0.15, 0.2) is 150 Å². The van der Waals surface area contributed by atoms with Gasteiger partial charge in [0.2, 0.25) is 0 Å². The van der Waals surface area contributed by atoms with E-state index in [4.69, 9.17) is 46.3 Å². The summed E-state index contributed by atoms with van der Waals surface area (Å²) in [4.78, 5) is 82.4. The summed E-state index contributed by atoms with van der Waals surface area (Å²) < 4.78 is 17.2. The van der Waals surface area contributed by atoms with Gasteiger partial charge in [-0.05, 0) is 191 Å². The average Bonchev–Trinajstić information content (AvgIpc) is 1.73. The van der Waals surface area contributed by atoms with Crippen molar-refractivity contribution in [2.45, 2.75) is 208 Å². The van der Waals surface area contributed by atoms with E-state index in [-0.39, 0.29) is 99.0 Å². The molecule has 9 aromatic rings. The maximum absolute atomic E-state index is 13.5. The quantitative estimate of drug-likeness (QED) is 0.0369. The molecule has 3 heterocycles. The van der Waals surface area contributed by atoms with Crippen molar-refractivity contribution in [3.63, 3.8) is 0 Å². The first-order chi connectivity index (χ1) is 53.3. The molecule has 584 valence electrons. The number of benzene rings is 6. The molecule has 0 aliphatic heterocycles. The Kier molecular flexibility index (Phi) is 27.7. The molecule has 15 rings (SSSR count). The van der Waals surface area contributed by atoms with E-state index in [2.05, 4.69) is 187 Å². The van der Waals surface area contributed by atoms with Gasteiger partial charge in [-0.15, -0.1) is 0 Å². The second-order valence-electron chi connectivity index (χ2n) is 35.4. The van der Waals surface area contributed by atoms with Gasteiger partial charge in [0.05, 0.1) is 50.6 Å². The van der Waals surface area contributed by atoms with E-state index >= 15 is 0 Å². The van der Waals surface area contributed by atoms with E-state index in [9.17, 15) is 33.9 Å². The Labute approximate surface area is 688 Å². The summed E-state index contributed by atoms with van der Waals surface area (Å²) >= 11 is 3.68. The number of hydrogen-bond acceptors (Lipinski definition) is 10. The first-order valence-corrected chi connectivity index (χ1v) is 40.1. The number of methoxy groups -OCH3 is 2. The minimum Gasteiger partial charge on any atom is -0.512 e. The first-order valence-electron chi connectivity index (χ1n) is 39.3. The molecule has 0 amide bonds. The van der Waals surface area contributed by atoms with Crippen LogP contribution in [0.1, 0.15) is 237 Å². The van der Waals surface area contributed by atoms with Gasteiger partial charge in [0.15, 0.2) is 28.7 Å². The third kappa shape index (κ3) is 19.1. The Bertz CT molecular complexity index is 5070. The Balaban J connectivity index is 0.000000187. The number of rotatable bonds is 18. The van der Waals surface area contributed by atoms with Gasteiger partial charge in [-0.1, -0.05) is 189 Å². The zero-order chi connectivity index (χ0) is 81.6. The van der Waals surface area contributed by atoms with Gasteiger partial charge in [-0.2, -0.15) is 0 Å². The van der Waals surface area contributed by atoms with Crippen LogP contribution in [0.4, 0.5) is 11.4 Å². The molecule has 18 heteroatoms. The number of carbonyl (C=O) groups is 6. The fourth-order valence-corrected chi connectivity index (χ4v) is 19.4. The number of halogens is 1. The van der Waals surface area contributed by atoms with Crippen molar-refractivity contribution in [1.29, 1.82) is 10.5 Å². The van der Waals surface area contributed by atoms with E-state index in [1.54, 1.807) is 12.1 Å². The first kappa shape index (κ1) is 87.4. The summed E-state index contributed by atoms with van der Waals surface area (Å²) in [6.07, 6.45) is 18.8. The van der Waals surface area contributed by atoms with Crippen LogP contribution in [-0.2, 0) is 79.2 Å². The third-order valence-electron chi connectivity index (χ3n) is 24.6. The predicted octanol–water partition coefficient (Wildman–Crippen LogP) is 22.6. The minimum absolute atomic E-state index is 0. The van der Waals surface area contributed by atoms with Crippen LogP contribution in [0.3, 0.4) is 0 Å². The molecule has 16 nitrogen and oxygen atoms in total. The minimum atomic E-state index is -0.689. The molecular formula is C95H106BrN7O9Zn. The normalized spacial score (nSPS) is 22.1. The van der Waals surface area contributed by atoms with Crippen molar-refractivity contribution in [2.24, 2.45) is 51.8 Å². The number of hydrogen-bond donors (Lipinski definition) is 1. The van der Waals surface area contributed by atoms with Gasteiger partial charge >= 0.3 is 37.4 Å². The number of ketones is 3. The maximum Gasteiger partial charge on any atom is 2.00 e. The van der Waals surface area contributed by atoms with Crippen LogP contribution in [-0.4, -0.2) is 68.3 Å². The smallest absolute Gasteiger partial charge is 0.512 e. The standard InChI is InChI=1S/C31H34N2O3.C30H34BrNO3.C30H32N2O3.C2H6.2CN.Zn/c1-30(2,3)23-8-6-20(7-9-23)19-33-13-12-24-26(32-4)11-10-25(28(24)33)27(34)14-21-15-31(16-21)17-22(18-31)29(35)36-5;1-29(2,3)22-7-5-19(6-8-22)18-32-12-11-23-25(31)10-9-24(27(23)32)26(33)13-20-14-30(15-20)16-21(17-30)28(34)35-4;1-29(2,3)22-7-5-19(6-8-22)18-32-12-11-23-25(31-4)10-9-24(27(23)32)26(33)13-20-14-30(15-20)16-21(17-30)28(34)35;3*1-2;/h6-13,21-22H,14-19H2,1-3,5H3;5-12,20-21H,13-18H2,1-4H3;5-12,20-21H,13-18H2,1-3H3,(H,34,35);1-2H3;;;/q;;;;2*-1;+2. The Hall–Kier alpha value is -9.58. The van der Waals surface area contributed by atoms with Crippen molar-refractivity contribution >= 4 is 95.3 Å². The molecule has 1 N–H and O–H groups in total. The van der Waals surface area contributed by atoms with Crippen LogP contribution < -0.4 is 0 Å². The number of esters is 2. The molecule has 6 aliphatic carbocycles. The molecule has 0 radical (unpaired) electrons. The third-order valence-corrected chi connectivity index (χ3v) is 25.3. The summed E-state index contributed by atoms with van der Waals surface area (Å²) in [7, 11) is 2.91. The van der Waals surface area contributed by atoms with Crippen molar-refractivity contribution < 1.29 is 62.8 Å². The van der Waals surface area contributed by atoms with E-state index in [0.29, 0.717) is 72.6 Å². The van der Waals surface area contributed by atoms with Gasteiger partial charge in [-0.25, -0.2) is 9.69 Å². The Morgan fingerprint density at radius 1 is 0.425 bits per heavy atom. The Morgan fingerprint density at radius 2 is 0.690 bits per heavy atom. The topological polar surface area (TPSA) is 212 Å². The van der Waals surface area contributed by atoms with E-state index < -0.39 is 5.97 Å². The summed E-state index contributed by atoms with van der Waals surface area (Å²) in [5.74, 6) is 0.587. The molecule has 3 aromatic heterocycles. The summed E-state index contributed by atoms with van der Waals surface area (Å²) in [5, 5.41) is 24.4. The largest absolute Gasteiger partial charge is 2.00 e. The number of Topliss-reactive ketones (excluding diaryl/α,β-unsaturated/α-hetero) is 3. The average molecular weight is 1640 g/mol. The zero-order valence-electron chi connectivity index (χ0n) is 68.0. The maximum atomic E-state index is 13.5. The second kappa shape index (κ2) is 35.9. The van der Waals surface area contributed by atoms with Gasteiger partial charge in [-0.3, -0.25) is 28.8 Å². The molecule has 0 atom stereocenters. The summed E-state index contributed by atoms with van der Waals surface area (Å²) in [6, 6.07) is 43.2. The number of ether oxygens (including phenoxy) is 2. The van der Waals surface area contributed by atoms with Gasteiger partial charge in [0.1, 0.15) is 0 Å². The van der Waals surface area contributed by atoms with E-state index in [1.807, 2.05) is 62.6 Å². The van der Waals surface area contributed by atoms with E-state index in [1.165, 1.54) is 36.5 Å². The molecule has 6 aliphatic rings. The zero-order valence-corrected chi connectivity index (χ0v) is 72.5. The van der Waals surface area contributed by atoms with Crippen molar-refractivity contribution in [3.05, 3.63) is 237 Å². The molecule has 0 bridgehead atoms. The fourth-order valence-electron chi connectivity index (χ4n) is 18.9. The molecule has 6 saturated carbocycles. The van der Waals surface area contributed by atoms with Crippen molar-refractivity contribution in [3.8, 4) is 0 Å². The van der Waals surface area contributed by atoms with Crippen LogP contribution in [0.5, 0.6) is 0 Å². The molecule has 6 aromatic carbocycles. The molecule has 3 spiro atoms. The molecule has 0 saturated heterocycles. The van der Waals surface area contributed by atoms with Crippen molar-refractivity contribution in [2.75, 3.05) is 14.2 Å². The molecule has 0 unspecified atom stereocenters. The number of carboxylic acid groups (broad SMARTS) is 1. The number of fused-ring (bicyclic) bond motifs is 3. The monoisotopic (exact) mass is 1630 g/mol. The SMILES string of the molecule is CC.COC(=O)C1CC2(CC(CC(=O)c3ccc(Br)c4ccn(Cc5ccc(C(C)(C)C)cc5)c34)C2)C1.[C-]#N.[C-]#N.[C-]#[N+]c1ccc(C(=O)CC2CC3(C2)CC(C(=O)O)C3)c2c1ccn2Cc1ccc(C(C)(C)C)cc1.[C-]#[N+]c1ccc(C(=O)CC2CC3(C2)CC(C(=O)OC)C3)c2c1ccn2Cc1ccc(C(C)(C)C)cc1.[Zn+2]. The Morgan fingerprint density at radius 3 is 0.956 bits per heavy atom. The van der Waals surface area contributed by atoms with Gasteiger partial charge in [0.25, 0.3) is 0 Å². The van der Waals surface area contributed by atoms with Crippen LogP contribution in [0.25, 0.3) is 42.4 Å². The molecule has 113 heavy (non-hydrogen) atoms. The number of carbonyl (C=O) groups excluding carboxylic acids is 5.